The Balaban J connectivity index is 1.55. The molecule has 0 fully saturated rings. The zero-order chi connectivity index (χ0) is 22.1. The molecule has 1 amide bonds. The third-order valence-corrected chi connectivity index (χ3v) is 6.36. The Morgan fingerprint density at radius 3 is 2.48 bits per heavy atom. The summed E-state index contributed by atoms with van der Waals surface area (Å²) in [6.45, 7) is 0.512. The second kappa shape index (κ2) is 11.6. The summed E-state index contributed by atoms with van der Waals surface area (Å²) in [7, 11) is 3.23. The normalized spacial score (nSPS) is 13.3. The average Bonchev–Trinajstić information content (AvgIpc) is 2.77. The van der Waals surface area contributed by atoms with Gasteiger partial charge in [-0.3, -0.25) is 4.79 Å². The molecule has 1 aliphatic carbocycles. The van der Waals surface area contributed by atoms with Crippen molar-refractivity contribution in [2.45, 2.75) is 50.0 Å². The highest BCUT2D eigenvalue weighted by molar-refractivity contribution is 8.00. The van der Waals surface area contributed by atoms with E-state index in [1.807, 2.05) is 24.3 Å². The van der Waals surface area contributed by atoms with E-state index >= 15 is 0 Å². The number of methoxy groups -OCH3 is 2. The van der Waals surface area contributed by atoms with E-state index in [0.29, 0.717) is 23.6 Å². The second-order valence-corrected chi connectivity index (χ2v) is 8.55. The number of amides is 1. The van der Waals surface area contributed by atoms with Crippen molar-refractivity contribution in [3.63, 3.8) is 0 Å². The molecule has 164 valence electrons. The molecule has 3 rings (SSSR count). The number of aromatic nitrogens is 1. The van der Waals surface area contributed by atoms with Crippen LogP contribution in [0.3, 0.4) is 0 Å². The highest BCUT2D eigenvalue weighted by atomic mass is 32.2. The summed E-state index contributed by atoms with van der Waals surface area (Å²) in [4.78, 5) is 17.1. The Hall–Kier alpha value is -2.72. The minimum atomic E-state index is -0.0720. The van der Waals surface area contributed by atoms with E-state index in [1.54, 1.807) is 14.2 Å². The Morgan fingerprint density at radius 1 is 1.10 bits per heavy atom. The molecule has 0 aliphatic heterocycles. The summed E-state index contributed by atoms with van der Waals surface area (Å²) in [6, 6.07) is 9.92. The number of nitriles is 1. The zero-order valence-electron chi connectivity index (χ0n) is 18.2. The molecule has 1 aromatic carbocycles. The van der Waals surface area contributed by atoms with Gasteiger partial charge in [-0.25, -0.2) is 4.98 Å². The number of pyridine rings is 1. The second-order valence-electron chi connectivity index (χ2n) is 7.58. The number of thioether (sulfide) groups is 1. The quantitative estimate of drug-likeness (QED) is 0.624. The van der Waals surface area contributed by atoms with Crippen LogP contribution in [0.2, 0.25) is 0 Å². The lowest BCUT2D eigenvalue weighted by Gasteiger charge is -2.15. The summed E-state index contributed by atoms with van der Waals surface area (Å²) in [5.74, 6) is 1.62. The zero-order valence-corrected chi connectivity index (χ0v) is 19.0. The van der Waals surface area contributed by atoms with Gasteiger partial charge in [0.05, 0.1) is 25.5 Å². The summed E-state index contributed by atoms with van der Waals surface area (Å²) < 4.78 is 10.6. The molecule has 1 aliphatic rings. The predicted molar refractivity (Wildman–Crippen MR) is 122 cm³/mol. The van der Waals surface area contributed by atoms with Crippen LogP contribution in [0.4, 0.5) is 0 Å². The van der Waals surface area contributed by atoms with Gasteiger partial charge in [-0.1, -0.05) is 24.6 Å². The highest BCUT2D eigenvalue weighted by Crippen LogP contribution is 2.27. The molecule has 1 heterocycles. The topological polar surface area (TPSA) is 84.2 Å². The summed E-state index contributed by atoms with van der Waals surface area (Å²) in [5.41, 5.74) is 3.88. The van der Waals surface area contributed by atoms with Gasteiger partial charge in [0, 0.05) is 18.3 Å². The fourth-order valence-corrected chi connectivity index (χ4v) is 4.50. The van der Waals surface area contributed by atoms with E-state index in [1.165, 1.54) is 30.2 Å². The number of benzene rings is 1. The molecule has 2 aromatic rings. The van der Waals surface area contributed by atoms with Crippen LogP contribution < -0.4 is 14.8 Å². The lowest BCUT2D eigenvalue weighted by atomic mass is 9.96. The fraction of sp³-hybridized carbons (Fsp3) is 0.458. The Kier molecular flexibility index (Phi) is 8.60. The summed E-state index contributed by atoms with van der Waals surface area (Å²) >= 11 is 1.34. The van der Waals surface area contributed by atoms with Crippen LogP contribution in [-0.2, 0) is 24.1 Å². The number of hydrogen-bond acceptors (Lipinski definition) is 6. The molecule has 1 aromatic heterocycles. The van der Waals surface area contributed by atoms with Gasteiger partial charge in [-0.15, -0.1) is 0 Å². The van der Waals surface area contributed by atoms with Gasteiger partial charge in [0.2, 0.25) is 5.91 Å². The van der Waals surface area contributed by atoms with Crippen LogP contribution in [-0.4, -0.2) is 37.4 Å². The van der Waals surface area contributed by atoms with Crippen LogP contribution in [0.15, 0.2) is 29.3 Å². The minimum absolute atomic E-state index is 0.0720. The van der Waals surface area contributed by atoms with Crippen molar-refractivity contribution < 1.29 is 14.3 Å². The maximum atomic E-state index is 12.3. The van der Waals surface area contributed by atoms with Crippen LogP contribution in [0.1, 0.15) is 48.1 Å². The van der Waals surface area contributed by atoms with Crippen LogP contribution in [0.5, 0.6) is 11.5 Å². The smallest absolute Gasteiger partial charge is 0.230 e. The molecule has 0 saturated heterocycles. The van der Waals surface area contributed by atoms with Crippen molar-refractivity contribution in [1.29, 1.82) is 5.26 Å². The van der Waals surface area contributed by atoms with Crippen LogP contribution in [0.25, 0.3) is 0 Å². The maximum Gasteiger partial charge on any atom is 0.230 e. The monoisotopic (exact) mass is 439 g/mol. The molecule has 0 bridgehead atoms. The first-order chi connectivity index (χ1) is 15.1. The average molecular weight is 440 g/mol. The molecule has 0 radical (unpaired) electrons. The van der Waals surface area contributed by atoms with Crippen molar-refractivity contribution in [3.05, 3.63) is 46.6 Å². The first kappa shape index (κ1) is 23.0. The molecule has 6 nitrogen and oxygen atoms in total. The Morgan fingerprint density at radius 2 is 1.81 bits per heavy atom. The van der Waals surface area contributed by atoms with E-state index in [2.05, 4.69) is 11.4 Å². The molecule has 0 atom stereocenters. The third kappa shape index (κ3) is 6.63. The fourth-order valence-electron chi connectivity index (χ4n) is 3.70. The van der Waals surface area contributed by atoms with Gasteiger partial charge in [0.15, 0.2) is 0 Å². The van der Waals surface area contributed by atoms with Gasteiger partial charge in [0.1, 0.15) is 22.6 Å². The number of nitrogens with zero attached hydrogens (tertiary/aromatic N) is 2. The van der Waals surface area contributed by atoms with Gasteiger partial charge < -0.3 is 14.8 Å². The molecule has 0 spiro atoms. The van der Waals surface area contributed by atoms with Crippen LogP contribution >= 0.6 is 11.8 Å². The lowest BCUT2D eigenvalue weighted by molar-refractivity contribution is -0.118. The van der Waals surface area contributed by atoms with E-state index in [4.69, 9.17) is 14.5 Å². The molecule has 7 heteroatoms. The van der Waals surface area contributed by atoms with Crippen molar-refractivity contribution in [1.82, 2.24) is 10.3 Å². The molecule has 0 saturated carbocycles. The van der Waals surface area contributed by atoms with Crippen molar-refractivity contribution >= 4 is 17.7 Å². The van der Waals surface area contributed by atoms with Gasteiger partial charge in [-0.05, 0) is 61.4 Å². The SMILES string of the molecule is COc1cc(CCNC(=O)CSc2nc3c(cc2C#N)CCCCCC3)cc(OC)c1. The number of nitrogens with one attached hydrogen (secondary N) is 1. The first-order valence-corrected chi connectivity index (χ1v) is 11.7. The van der Waals surface area contributed by atoms with E-state index in [0.717, 1.165) is 48.4 Å². The lowest BCUT2D eigenvalue weighted by Crippen LogP contribution is -2.27. The molecule has 1 N–H and O–H groups in total. The highest BCUT2D eigenvalue weighted by Gasteiger charge is 2.15. The number of ether oxygens (including phenoxy) is 2. The number of fused-ring (bicyclic) bond motifs is 1. The van der Waals surface area contributed by atoms with E-state index in [-0.39, 0.29) is 11.7 Å². The predicted octanol–water partition coefficient (Wildman–Crippen LogP) is 4.08. The van der Waals surface area contributed by atoms with Gasteiger partial charge in [-0.2, -0.15) is 5.26 Å². The third-order valence-electron chi connectivity index (χ3n) is 5.37. The Labute approximate surface area is 188 Å². The van der Waals surface area contributed by atoms with Crippen molar-refractivity contribution in [2.24, 2.45) is 0 Å². The van der Waals surface area contributed by atoms with Crippen molar-refractivity contribution in [3.8, 4) is 17.6 Å². The minimum Gasteiger partial charge on any atom is -0.497 e. The first-order valence-electron chi connectivity index (χ1n) is 10.7. The number of carbonyl (C=O) groups is 1. The summed E-state index contributed by atoms with van der Waals surface area (Å²) in [6.07, 6.45) is 7.34. The maximum absolute atomic E-state index is 12.3. The van der Waals surface area contributed by atoms with E-state index in [9.17, 15) is 10.1 Å². The van der Waals surface area contributed by atoms with Crippen molar-refractivity contribution in [2.75, 3.05) is 26.5 Å². The van der Waals surface area contributed by atoms with Gasteiger partial charge >= 0.3 is 0 Å². The number of aryl methyl sites for hydroxylation is 2. The number of hydrogen-bond donors (Lipinski definition) is 1. The Bertz CT molecular complexity index is 934. The molecular weight excluding hydrogens is 410 g/mol. The largest absolute Gasteiger partial charge is 0.497 e. The standard InChI is InChI=1S/C24H29N3O3S/c1-29-20-11-17(12-21(14-20)30-2)9-10-26-23(28)16-31-24-19(15-25)13-18-7-5-3-4-6-8-22(18)27-24/h11-14H,3-10,16H2,1-2H3,(H,26,28). The molecule has 0 unspecified atom stereocenters. The summed E-state index contributed by atoms with van der Waals surface area (Å²) in [5, 5.41) is 13.1. The van der Waals surface area contributed by atoms with E-state index < -0.39 is 0 Å². The van der Waals surface area contributed by atoms with Gasteiger partial charge in [0.25, 0.3) is 0 Å². The number of rotatable bonds is 8. The van der Waals surface area contributed by atoms with Crippen LogP contribution in [0, 0.1) is 11.3 Å². The number of carbonyl (C=O) groups excluding carboxylic acids is 1. The molecular formula is C24H29N3O3S. The molecule has 31 heavy (non-hydrogen) atoms.